The minimum atomic E-state index is -4.61. The van der Waals surface area contributed by atoms with Gasteiger partial charge in [-0.2, -0.15) is 35.9 Å². The van der Waals surface area contributed by atoms with E-state index in [2.05, 4.69) is 0 Å². The summed E-state index contributed by atoms with van der Waals surface area (Å²) in [6.45, 7) is -0.452. The van der Waals surface area contributed by atoms with E-state index in [1.807, 2.05) is 0 Å². The fraction of sp³-hybridized carbons (Fsp3) is 0.857. The van der Waals surface area contributed by atoms with Crippen molar-refractivity contribution in [3.63, 3.8) is 0 Å². The maximum Gasteiger partial charge on any atom is 0.402 e. The van der Waals surface area contributed by atoms with Crippen LogP contribution >= 0.6 is 0 Å². The van der Waals surface area contributed by atoms with Gasteiger partial charge in [-0.05, 0) is 6.42 Å². The van der Waals surface area contributed by atoms with Crippen molar-refractivity contribution in [3.8, 4) is 6.07 Å². The molecule has 0 amide bonds. The predicted molar refractivity (Wildman–Crippen MR) is 50.5 cm³/mol. The van der Waals surface area contributed by atoms with E-state index in [0.717, 1.165) is 0 Å². The summed E-state index contributed by atoms with van der Waals surface area (Å²) in [4.78, 5) is 0. The van der Waals surface area contributed by atoms with Gasteiger partial charge < -0.3 is 0 Å². The minimum Gasteiger partial charge on any atom is -0.197 e. The standard InChI is InChI=1S/C7H12F3N3O2S/c1-2-4-13(5-3-11)16(14,15)12-6-7(8,9)10/h12H,2,4-6H2,1H3. The molecule has 0 aliphatic carbocycles. The first-order valence-electron chi connectivity index (χ1n) is 4.41. The number of rotatable bonds is 6. The molecule has 0 fully saturated rings. The van der Waals surface area contributed by atoms with Crippen LogP contribution in [0.3, 0.4) is 0 Å². The molecule has 0 aromatic carbocycles. The molecule has 0 radical (unpaired) electrons. The van der Waals surface area contributed by atoms with Crippen molar-refractivity contribution in [2.24, 2.45) is 0 Å². The molecule has 0 atom stereocenters. The lowest BCUT2D eigenvalue weighted by molar-refractivity contribution is -0.121. The highest BCUT2D eigenvalue weighted by Gasteiger charge is 2.31. The zero-order valence-electron chi connectivity index (χ0n) is 8.58. The maximum atomic E-state index is 11.8. The van der Waals surface area contributed by atoms with Gasteiger partial charge >= 0.3 is 6.18 Å². The lowest BCUT2D eigenvalue weighted by atomic mass is 10.5. The van der Waals surface area contributed by atoms with Gasteiger partial charge in [-0.15, -0.1) is 0 Å². The second kappa shape index (κ2) is 6.03. The molecule has 0 unspecified atom stereocenters. The molecule has 0 aromatic heterocycles. The highest BCUT2D eigenvalue weighted by Crippen LogP contribution is 2.13. The number of nitrogens with one attached hydrogen (secondary N) is 1. The zero-order chi connectivity index (χ0) is 12.8. The molecule has 9 heteroatoms. The highest BCUT2D eigenvalue weighted by atomic mass is 32.2. The van der Waals surface area contributed by atoms with Crippen LogP contribution in [0.5, 0.6) is 0 Å². The van der Waals surface area contributed by atoms with Gasteiger partial charge in [0.05, 0.1) is 6.07 Å². The SMILES string of the molecule is CCCN(CC#N)S(=O)(=O)NCC(F)(F)F. The first kappa shape index (κ1) is 15.2. The molecule has 0 heterocycles. The number of halogens is 3. The summed E-state index contributed by atoms with van der Waals surface area (Å²) in [6, 6.07) is 1.58. The van der Waals surface area contributed by atoms with E-state index in [9.17, 15) is 21.6 Å². The Morgan fingerprint density at radius 1 is 1.44 bits per heavy atom. The van der Waals surface area contributed by atoms with E-state index in [-0.39, 0.29) is 6.54 Å². The summed E-state index contributed by atoms with van der Waals surface area (Å²) in [7, 11) is -4.24. The topological polar surface area (TPSA) is 73.2 Å². The average Bonchev–Trinajstić information content (AvgIpc) is 2.14. The summed E-state index contributed by atoms with van der Waals surface area (Å²) in [5.41, 5.74) is 0. The second-order valence-electron chi connectivity index (χ2n) is 2.93. The van der Waals surface area contributed by atoms with Gasteiger partial charge in [0.15, 0.2) is 0 Å². The number of hydrogen-bond donors (Lipinski definition) is 1. The van der Waals surface area contributed by atoms with Gasteiger partial charge in [-0.3, -0.25) is 0 Å². The molecule has 0 spiro atoms. The molecule has 0 aliphatic rings. The Labute approximate surface area is 92.0 Å². The third-order valence-corrected chi connectivity index (χ3v) is 3.02. The lowest BCUT2D eigenvalue weighted by Crippen LogP contribution is -2.44. The van der Waals surface area contributed by atoms with E-state index in [4.69, 9.17) is 5.26 Å². The van der Waals surface area contributed by atoms with E-state index in [1.165, 1.54) is 4.72 Å². The molecule has 0 rings (SSSR count). The molecule has 0 saturated heterocycles. The van der Waals surface area contributed by atoms with Gasteiger partial charge in [-0.25, -0.2) is 0 Å². The van der Waals surface area contributed by atoms with E-state index in [1.54, 1.807) is 13.0 Å². The van der Waals surface area contributed by atoms with Crippen LogP contribution in [0.1, 0.15) is 13.3 Å². The zero-order valence-corrected chi connectivity index (χ0v) is 9.40. The quantitative estimate of drug-likeness (QED) is 0.711. The predicted octanol–water partition coefficient (Wildman–Crippen LogP) is 0.619. The smallest absolute Gasteiger partial charge is 0.197 e. The van der Waals surface area contributed by atoms with Crippen LogP contribution in [-0.2, 0) is 10.2 Å². The first-order chi connectivity index (χ1) is 7.23. The Morgan fingerprint density at radius 2 is 2.00 bits per heavy atom. The van der Waals surface area contributed by atoms with Crippen molar-refractivity contribution in [3.05, 3.63) is 0 Å². The van der Waals surface area contributed by atoms with E-state index in [0.29, 0.717) is 10.7 Å². The van der Waals surface area contributed by atoms with Crippen LogP contribution < -0.4 is 4.72 Å². The van der Waals surface area contributed by atoms with Crippen LogP contribution in [0.4, 0.5) is 13.2 Å². The lowest BCUT2D eigenvalue weighted by Gasteiger charge is -2.19. The second-order valence-corrected chi connectivity index (χ2v) is 4.69. The van der Waals surface area contributed by atoms with Crippen molar-refractivity contribution >= 4 is 10.2 Å². The number of nitrogens with zero attached hydrogens (tertiary/aromatic N) is 2. The van der Waals surface area contributed by atoms with Crippen molar-refractivity contribution < 1.29 is 21.6 Å². The minimum absolute atomic E-state index is 0.000745. The van der Waals surface area contributed by atoms with E-state index >= 15 is 0 Å². The Kier molecular flexibility index (Phi) is 5.71. The number of alkyl halides is 3. The molecule has 5 nitrogen and oxygen atoms in total. The van der Waals surface area contributed by atoms with E-state index < -0.39 is 29.5 Å². The van der Waals surface area contributed by atoms with Crippen molar-refractivity contribution in [2.45, 2.75) is 19.5 Å². The van der Waals surface area contributed by atoms with Crippen molar-refractivity contribution in [1.82, 2.24) is 9.03 Å². The fourth-order valence-electron chi connectivity index (χ4n) is 0.877. The number of nitriles is 1. The van der Waals surface area contributed by atoms with Gasteiger partial charge in [0, 0.05) is 6.54 Å². The third kappa shape index (κ3) is 5.89. The molecule has 0 bridgehead atoms. The van der Waals surface area contributed by atoms with Crippen molar-refractivity contribution in [1.29, 1.82) is 5.26 Å². The largest absolute Gasteiger partial charge is 0.402 e. The summed E-state index contributed by atoms with van der Waals surface area (Å²) in [5.74, 6) is 0. The maximum absolute atomic E-state index is 11.8. The van der Waals surface area contributed by atoms with Crippen molar-refractivity contribution in [2.75, 3.05) is 19.6 Å². The average molecular weight is 259 g/mol. The van der Waals surface area contributed by atoms with Crippen LogP contribution in [0, 0.1) is 11.3 Å². The summed E-state index contributed by atoms with van der Waals surface area (Å²) >= 11 is 0. The molecule has 0 saturated carbocycles. The molecule has 16 heavy (non-hydrogen) atoms. The monoisotopic (exact) mass is 259 g/mol. The van der Waals surface area contributed by atoms with Gasteiger partial charge in [0.1, 0.15) is 13.1 Å². The Hall–Kier alpha value is -0.850. The van der Waals surface area contributed by atoms with Crippen LogP contribution in [0.15, 0.2) is 0 Å². The van der Waals surface area contributed by atoms with Gasteiger partial charge in [0.2, 0.25) is 0 Å². The normalized spacial score (nSPS) is 12.8. The number of hydrogen-bond acceptors (Lipinski definition) is 3. The van der Waals surface area contributed by atoms with Crippen LogP contribution in [0.2, 0.25) is 0 Å². The first-order valence-corrected chi connectivity index (χ1v) is 5.85. The molecule has 0 aromatic rings. The third-order valence-electron chi connectivity index (χ3n) is 1.52. The Morgan fingerprint density at radius 3 is 2.38 bits per heavy atom. The fourth-order valence-corrected chi connectivity index (χ4v) is 2.06. The summed E-state index contributed by atoms with van der Waals surface area (Å²) in [6.07, 6.45) is -4.20. The molecular formula is C7H12F3N3O2S. The highest BCUT2D eigenvalue weighted by molar-refractivity contribution is 7.87. The van der Waals surface area contributed by atoms with Crippen LogP contribution in [-0.4, -0.2) is 38.5 Å². The summed E-state index contributed by atoms with van der Waals surface area (Å²) in [5, 5.41) is 8.35. The molecule has 0 aliphatic heterocycles. The molecule has 94 valence electrons. The van der Waals surface area contributed by atoms with Gasteiger partial charge in [-0.1, -0.05) is 6.92 Å². The Bertz CT molecular complexity index is 347. The van der Waals surface area contributed by atoms with Gasteiger partial charge in [0.25, 0.3) is 10.2 Å². The van der Waals surface area contributed by atoms with Crippen LogP contribution in [0.25, 0.3) is 0 Å². The molecular weight excluding hydrogens is 247 g/mol. The summed E-state index contributed by atoms with van der Waals surface area (Å²) < 4.78 is 60.1. The molecule has 1 N–H and O–H groups in total. The Balaban J connectivity index is 4.55.